The first-order valence-corrected chi connectivity index (χ1v) is 18.8. The third-order valence-corrected chi connectivity index (χ3v) is 7.31. The molecule has 0 radical (unpaired) electrons. The first-order chi connectivity index (χ1) is 30.9. The SMILES string of the molecule is CC(=O)Oc1cc(OC(C)=O)c(-c2c(OC(C)=O)cc(Oc3cc(OC(C)=O)c(Oc4cc(OC(C)=O)c(OC(C)=O)c(OC(C)=O)c4)c(OC(C)=O)c3)cc2OC(C)=O)c(OC(C)=O)c1. The fourth-order valence-corrected chi connectivity index (χ4v) is 5.59. The molecule has 0 aromatic heterocycles. The molecule has 0 fully saturated rings. The zero-order valence-electron chi connectivity index (χ0n) is 36.6. The van der Waals surface area contributed by atoms with Crippen molar-refractivity contribution >= 4 is 59.7 Å². The van der Waals surface area contributed by atoms with Gasteiger partial charge in [0.1, 0.15) is 46.0 Å². The van der Waals surface area contributed by atoms with Crippen molar-refractivity contribution in [2.24, 2.45) is 0 Å². The van der Waals surface area contributed by atoms with Gasteiger partial charge in [-0.15, -0.1) is 0 Å². The highest BCUT2D eigenvalue weighted by molar-refractivity contribution is 5.93. The highest BCUT2D eigenvalue weighted by Crippen LogP contribution is 2.53. The highest BCUT2D eigenvalue weighted by Gasteiger charge is 2.30. The molecule has 0 unspecified atom stereocenters. The normalized spacial score (nSPS) is 10.3. The molecule has 0 amide bonds. The molecule has 0 saturated carbocycles. The van der Waals surface area contributed by atoms with Crippen LogP contribution >= 0.6 is 0 Å². The molecule has 0 spiro atoms. The zero-order valence-corrected chi connectivity index (χ0v) is 36.6. The van der Waals surface area contributed by atoms with Crippen molar-refractivity contribution in [1.29, 1.82) is 0 Å². The van der Waals surface area contributed by atoms with Crippen LogP contribution in [-0.2, 0) is 47.9 Å². The molecule has 66 heavy (non-hydrogen) atoms. The summed E-state index contributed by atoms with van der Waals surface area (Å²) in [5.74, 6) is -15.0. The van der Waals surface area contributed by atoms with Crippen LogP contribution in [0.3, 0.4) is 0 Å². The summed E-state index contributed by atoms with van der Waals surface area (Å²) in [5.41, 5.74) is -0.652. The predicted octanol–water partition coefficient (Wildman–Crippen LogP) is 6.19. The standard InChI is InChI=1S/C44H38O22/c1-19(45)55-29-11-33(56-20(2)46)41(34(12-29)57-21(3)47)42-35(58-22(4)48)13-30(14-36(42)59-23(5)49)65-31-15-39(62-26(8)52)44(40(16-31)63-27(9)53)66-32-17-37(60-24(6)50)43(64-28(10)54)38(18-32)61-25(7)51/h11-18H,1-10H3. The van der Waals surface area contributed by atoms with E-state index in [4.69, 9.17) is 56.8 Å². The molecule has 0 aliphatic rings. The van der Waals surface area contributed by atoms with Gasteiger partial charge in [-0.3, -0.25) is 47.9 Å². The van der Waals surface area contributed by atoms with Crippen LogP contribution in [0.1, 0.15) is 69.2 Å². The second-order valence-electron chi connectivity index (χ2n) is 13.2. The average Bonchev–Trinajstić information content (AvgIpc) is 3.13. The number of carbonyl (C=O) groups is 10. The fourth-order valence-electron chi connectivity index (χ4n) is 5.59. The van der Waals surface area contributed by atoms with Gasteiger partial charge in [-0.2, -0.15) is 0 Å². The number of esters is 10. The maximum atomic E-state index is 12.6. The van der Waals surface area contributed by atoms with Gasteiger partial charge in [0.15, 0.2) is 23.0 Å². The molecule has 0 atom stereocenters. The van der Waals surface area contributed by atoms with Crippen LogP contribution in [0.25, 0.3) is 11.1 Å². The van der Waals surface area contributed by atoms with E-state index < -0.39 is 117 Å². The molecule has 4 aromatic rings. The van der Waals surface area contributed by atoms with E-state index >= 15 is 0 Å². The second-order valence-corrected chi connectivity index (χ2v) is 13.2. The van der Waals surface area contributed by atoms with Gasteiger partial charge in [-0.25, -0.2) is 0 Å². The lowest BCUT2D eigenvalue weighted by Crippen LogP contribution is -2.11. The third kappa shape index (κ3) is 14.1. The Kier molecular flexibility index (Phi) is 16.2. The van der Waals surface area contributed by atoms with E-state index in [0.29, 0.717) is 0 Å². The molecule has 4 rings (SSSR count). The topological polar surface area (TPSA) is 281 Å². The quantitative estimate of drug-likeness (QED) is 0.0948. The van der Waals surface area contributed by atoms with Crippen molar-refractivity contribution in [3.8, 4) is 91.6 Å². The minimum atomic E-state index is -0.952. The smallest absolute Gasteiger partial charge is 0.308 e. The number of benzene rings is 4. The Bertz CT molecular complexity index is 2540. The first-order valence-electron chi connectivity index (χ1n) is 18.8. The Morgan fingerprint density at radius 1 is 0.242 bits per heavy atom. The average molecular weight is 919 g/mol. The molecule has 0 bridgehead atoms. The minimum absolute atomic E-state index is 0.255. The molecule has 0 heterocycles. The lowest BCUT2D eigenvalue weighted by molar-refractivity contribution is -0.135. The van der Waals surface area contributed by atoms with E-state index in [-0.39, 0.29) is 34.1 Å². The van der Waals surface area contributed by atoms with Crippen molar-refractivity contribution in [1.82, 2.24) is 0 Å². The summed E-state index contributed by atoms with van der Waals surface area (Å²) in [7, 11) is 0. The molecule has 0 aliphatic heterocycles. The molecule has 346 valence electrons. The third-order valence-electron chi connectivity index (χ3n) is 7.31. The first kappa shape index (κ1) is 49.8. The maximum absolute atomic E-state index is 12.6. The monoisotopic (exact) mass is 918 g/mol. The zero-order chi connectivity index (χ0) is 49.2. The van der Waals surface area contributed by atoms with Crippen LogP contribution in [-0.4, -0.2) is 59.7 Å². The summed E-state index contributed by atoms with van der Waals surface area (Å²) < 4.78 is 65.4. The highest BCUT2D eigenvalue weighted by atomic mass is 16.6. The Hall–Kier alpha value is -8.82. The van der Waals surface area contributed by atoms with Crippen molar-refractivity contribution < 1.29 is 105 Å². The Balaban J connectivity index is 2.03. The lowest BCUT2D eigenvalue weighted by atomic mass is 10.00. The maximum Gasteiger partial charge on any atom is 0.308 e. The minimum Gasteiger partial charge on any atom is -0.457 e. The van der Waals surface area contributed by atoms with Crippen LogP contribution in [0.2, 0.25) is 0 Å². The van der Waals surface area contributed by atoms with Gasteiger partial charge in [-0.05, 0) is 0 Å². The number of ether oxygens (including phenoxy) is 12. The van der Waals surface area contributed by atoms with Crippen molar-refractivity contribution in [2.75, 3.05) is 0 Å². The van der Waals surface area contributed by atoms with Crippen LogP contribution < -0.4 is 56.8 Å². The lowest BCUT2D eigenvalue weighted by Gasteiger charge is -2.21. The molecule has 4 aromatic carbocycles. The molecule has 0 N–H and O–H groups in total. The largest absolute Gasteiger partial charge is 0.457 e. The van der Waals surface area contributed by atoms with Crippen LogP contribution in [0.5, 0.6) is 80.5 Å². The van der Waals surface area contributed by atoms with Gasteiger partial charge in [0, 0.05) is 118 Å². The molecular formula is C44H38O22. The van der Waals surface area contributed by atoms with Crippen molar-refractivity contribution in [2.45, 2.75) is 69.2 Å². The summed E-state index contributed by atoms with van der Waals surface area (Å²) in [6.45, 7) is 10.2. The Morgan fingerprint density at radius 3 is 0.727 bits per heavy atom. The number of hydrogen-bond acceptors (Lipinski definition) is 22. The Labute approximate surface area is 373 Å². The van der Waals surface area contributed by atoms with Gasteiger partial charge in [0.05, 0.1) is 11.1 Å². The molecular weight excluding hydrogens is 880 g/mol. The van der Waals surface area contributed by atoms with Crippen LogP contribution in [0, 0.1) is 0 Å². The van der Waals surface area contributed by atoms with E-state index in [1.165, 1.54) is 0 Å². The van der Waals surface area contributed by atoms with Crippen LogP contribution in [0.15, 0.2) is 48.5 Å². The van der Waals surface area contributed by atoms with Crippen molar-refractivity contribution in [3.63, 3.8) is 0 Å². The number of rotatable bonds is 15. The van der Waals surface area contributed by atoms with Gasteiger partial charge in [-0.1, -0.05) is 0 Å². The fraction of sp³-hybridized carbons (Fsp3) is 0.227. The van der Waals surface area contributed by atoms with Gasteiger partial charge < -0.3 is 56.8 Å². The molecule has 22 heteroatoms. The van der Waals surface area contributed by atoms with E-state index in [9.17, 15) is 47.9 Å². The number of hydrogen-bond donors (Lipinski definition) is 0. The summed E-state index contributed by atoms with van der Waals surface area (Å²) >= 11 is 0. The summed E-state index contributed by atoms with van der Waals surface area (Å²) in [6.07, 6.45) is 0. The van der Waals surface area contributed by atoms with Crippen LogP contribution in [0.4, 0.5) is 0 Å². The molecule has 0 saturated heterocycles. The van der Waals surface area contributed by atoms with Gasteiger partial charge in [0.2, 0.25) is 11.5 Å². The van der Waals surface area contributed by atoms with Gasteiger partial charge in [0.25, 0.3) is 0 Å². The molecule has 0 aliphatic carbocycles. The van der Waals surface area contributed by atoms with Crippen molar-refractivity contribution in [3.05, 3.63) is 48.5 Å². The van der Waals surface area contributed by atoms with E-state index in [2.05, 4.69) is 0 Å². The number of carbonyl (C=O) groups excluding carboxylic acids is 10. The Morgan fingerprint density at radius 2 is 0.455 bits per heavy atom. The van der Waals surface area contributed by atoms with E-state index in [1.54, 1.807) is 0 Å². The predicted molar refractivity (Wildman–Crippen MR) is 218 cm³/mol. The second kappa shape index (κ2) is 21.5. The van der Waals surface area contributed by atoms with E-state index in [0.717, 1.165) is 118 Å². The van der Waals surface area contributed by atoms with Gasteiger partial charge >= 0.3 is 59.7 Å². The summed E-state index contributed by atoms with van der Waals surface area (Å²) in [5, 5.41) is 0. The molecule has 22 nitrogen and oxygen atoms in total. The summed E-state index contributed by atoms with van der Waals surface area (Å²) in [4.78, 5) is 123. The van der Waals surface area contributed by atoms with E-state index in [1.807, 2.05) is 0 Å². The summed E-state index contributed by atoms with van der Waals surface area (Å²) in [6, 6.07) is 8.50.